The summed E-state index contributed by atoms with van der Waals surface area (Å²) in [5, 5.41) is 3.56. The topological polar surface area (TPSA) is 53.9 Å². The Morgan fingerprint density at radius 3 is 2.47 bits per heavy atom. The van der Waals surface area contributed by atoms with Crippen LogP contribution in [-0.4, -0.2) is 40.6 Å². The molecule has 0 bridgehead atoms. The lowest BCUT2D eigenvalue weighted by atomic mass is 9.99. The summed E-state index contributed by atoms with van der Waals surface area (Å²) in [6.45, 7) is 2.26. The predicted octanol–water partition coefficient (Wildman–Crippen LogP) is 5.67. The Morgan fingerprint density at radius 1 is 0.944 bits per heavy atom. The van der Waals surface area contributed by atoms with E-state index in [2.05, 4.69) is 32.3 Å². The average molecular weight is 512 g/mol. The fourth-order valence-electron chi connectivity index (χ4n) is 4.37. The first kappa shape index (κ1) is 25.6. The van der Waals surface area contributed by atoms with E-state index in [9.17, 15) is 13.2 Å². The molecule has 0 amide bonds. The van der Waals surface area contributed by atoms with Crippen LogP contribution >= 0.6 is 12.4 Å². The summed E-state index contributed by atoms with van der Waals surface area (Å²) in [6.07, 6.45) is 1.38. The molecule has 2 aromatic heterocycles. The first-order valence-corrected chi connectivity index (χ1v) is 11.4. The van der Waals surface area contributed by atoms with E-state index in [0.717, 1.165) is 43.8 Å². The molecule has 4 aromatic rings. The second-order valence-electron chi connectivity index (χ2n) is 8.53. The van der Waals surface area contributed by atoms with Crippen LogP contribution < -0.4 is 10.2 Å². The van der Waals surface area contributed by atoms with Crippen LogP contribution in [0.5, 0.6) is 0 Å². The molecule has 0 spiro atoms. The normalized spacial score (nSPS) is 15.9. The Hall–Kier alpha value is -3.49. The third-order valence-electron chi connectivity index (χ3n) is 6.09. The molecule has 1 fully saturated rings. The SMILES string of the molecule is Cl.FC(F)(F)c1cccc(-c2cnc(N3CCN[C@@H](Cc4ccccc4)C3)nc2-c2ccncc2)c1. The number of piperazine rings is 1. The minimum Gasteiger partial charge on any atom is -0.338 e. The molecular formula is C27H25ClF3N5. The number of benzene rings is 2. The second-order valence-corrected chi connectivity index (χ2v) is 8.53. The summed E-state index contributed by atoms with van der Waals surface area (Å²) in [5.74, 6) is 0.562. The molecule has 0 unspecified atom stereocenters. The van der Waals surface area contributed by atoms with Crippen molar-refractivity contribution in [1.29, 1.82) is 0 Å². The number of pyridine rings is 1. The molecule has 5 nitrogen and oxygen atoms in total. The van der Waals surface area contributed by atoms with Gasteiger partial charge in [-0.05, 0) is 41.8 Å². The molecule has 0 saturated carbocycles. The maximum absolute atomic E-state index is 13.4. The zero-order valence-electron chi connectivity index (χ0n) is 19.3. The highest BCUT2D eigenvalue weighted by Gasteiger charge is 2.31. The minimum absolute atomic E-state index is 0. The summed E-state index contributed by atoms with van der Waals surface area (Å²) < 4.78 is 40.1. The highest BCUT2D eigenvalue weighted by molar-refractivity contribution is 5.85. The Morgan fingerprint density at radius 2 is 1.72 bits per heavy atom. The summed E-state index contributed by atoms with van der Waals surface area (Å²) >= 11 is 0. The fourth-order valence-corrected chi connectivity index (χ4v) is 4.37. The third-order valence-corrected chi connectivity index (χ3v) is 6.09. The molecule has 1 aliphatic heterocycles. The number of anilines is 1. The Balaban J connectivity index is 0.00000304. The van der Waals surface area contributed by atoms with E-state index >= 15 is 0 Å². The maximum atomic E-state index is 13.4. The molecule has 1 atom stereocenters. The van der Waals surface area contributed by atoms with Crippen molar-refractivity contribution < 1.29 is 13.2 Å². The number of hydrogen-bond acceptors (Lipinski definition) is 5. The molecule has 1 saturated heterocycles. The summed E-state index contributed by atoms with van der Waals surface area (Å²) in [6, 6.07) is 19.4. The van der Waals surface area contributed by atoms with Gasteiger partial charge in [0.25, 0.3) is 0 Å². The first-order valence-electron chi connectivity index (χ1n) is 11.4. The molecule has 0 radical (unpaired) electrons. The molecule has 3 heterocycles. The van der Waals surface area contributed by atoms with Crippen LogP contribution in [0.4, 0.5) is 19.1 Å². The molecule has 0 aliphatic carbocycles. The van der Waals surface area contributed by atoms with Gasteiger partial charge in [-0.25, -0.2) is 9.97 Å². The van der Waals surface area contributed by atoms with Crippen molar-refractivity contribution in [2.45, 2.75) is 18.6 Å². The number of hydrogen-bond donors (Lipinski definition) is 1. The number of nitrogens with zero attached hydrogens (tertiary/aromatic N) is 4. The lowest BCUT2D eigenvalue weighted by Crippen LogP contribution is -2.52. The van der Waals surface area contributed by atoms with Crippen LogP contribution in [-0.2, 0) is 12.6 Å². The number of nitrogens with one attached hydrogen (secondary N) is 1. The van der Waals surface area contributed by atoms with Gasteiger partial charge in [0.1, 0.15) is 0 Å². The van der Waals surface area contributed by atoms with Crippen LogP contribution in [0.15, 0.2) is 85.3 Å². The van der Waals surface area contributed by atoms with E-state index in [0.29, 0.717) is 22.8 Å². The molecule has 5 rings (SSSR count). The summed E-state index contributed by atoms with van der Waals surface area (Å²) in [7, 11) is 0. The largest absolute Gasteiger partial charge is 0.416 e. The second kappa shape index (κ2) is 11.1. The molecule has 2 aromatic carbocycles. The van der Waals surface area contributed by atoms with Crippen LogP contribution in [0.2, 0.25) is 0 Å². The van der Waals surface area contributed by atoms with E-state index in [1.165, 1.54) is 11.6 Å². The monoisotopic (exact) mass is 511 g/mol. The lowest BCUT2D eigenvalue weighted by Gasteiger charge is -2.34. The van der Waals surface area contributed by atoms with E-state index in [4.69, 9.17) is 4.98 Å². The number of halogens is 4. The van der Waals surface area contributed by atoms with Crippen LogP contribution in [0, 0.1) is 0 Å². The quantitative estimate of drug-likeness (QED) is 0.374. The molecule has 1 aliphatic rings. The van der Waals surface area contributed by atoms with Gasteiger partial charge in [0.2, 0.25) is 5.95 Å². The first-order chi connectivity index (χ1) is 17.0. The molecule has 9 heteroatoms. The number of aromatic nitrogens is 3. The molecular weight excluding hydrogens is 487 g/mol. The standard InChI is InChI=1S/C27H24F3N5.ClH/c28-27(29,30)22-8-4-7-21(16-22)24-17-33-26(34-25(24)20-9-11-31-12-10-20)35-14-13-32-23(18-35)15-19-5-2-1-3-6-19;/h1-12,16-17,23,32H,13-15,18H2;1H/t23-;/m0./s1. The number of alkyl halides is 3. The zero-order chi connectivity index (χ0) is 24.3. The molecule has 36 heavy (non-hydrogen) atoms. The van der Waals surface area contributed by atoms with Gasteiger partial charge in [0, 0.05) is 55.4 Å². The van der Waals surface area contributed by atoms with Crippen molar-refractivity contribution in [1.82, 2.24) is 20.3 Å². The van der Waals surface area contributed by atoms with Gasteiger partial charge in [-0.15, -0.1) is 12.4 Å². The summed E-state index contributed by atoms with van der Waals surface area (Å²) in [5.41, 5.74) is 2.86. The van der Waals surface area contributed by atoms with E-state index in [1.807, 2.05) is 18.2 Å². The smallest absolute Gasteiger partial charge is 0.338 e. The van der Waals surface area contributed by atoms with Gasteiger partial charge in [-0.3, -0.25) is 4.98 Å². The van der Waals surface area contributed by atoms with Gasteiger partial charge in [-0.1, -0.05) is 42.5 Å². The van der Waals surface area contributed by atoms with Crippen LogP contribution in [0.1, 0.15) is 11.1 Å². The van der Waals surface area contributed by atoms with Crippen molar-refractivity contribution in [3.8, 4) is 22.4 Å². The highest BCUT2D eigenvalue weighted by atomic mass is 35.5. The average Bonchev–Trinajstić information content (AvgIpc) is 2.89. The van der Waals surface area contributed by atoms with E-state index in [1.54, 1.807) is 36.8 Å². The third kappa shape index (κ3) is 5.83. The lowest BCUT2D eigenvalue weighted by molar-refractivity contribution is -0.137. The summed E-state index contributed by atoms with van der Waals surface area (Å²) in [4.78, 5) is 15.6. The van der Waals surface area contributed by atoms with Gasteiger partial charge in [0.15, 0.2) is 0 Å². The molecule has 1 N–H and O–H groups in total. The van der Waals surface area contributed by atoms with Gasteiger partial charge >= 0.3 is 6.18 Å². The highest BCUT2D eigenvalue weighted by Crippen LogP contribution is 2.35. The van der Waals surface area contributed by atoms with Gasteiger partial charge in [0.05, 0.1) is 11.3 Å². The minimum atomic E-state index is -4.43. The Labute approximate surface area is 213 Å². The van der Waals surface area contributed by atoms with Crippen LogP contribution in [0.25, 0.3) is 22.4 Å². The fraction of sp³-hybridized carbons (Fsp3) is 0.222. The van der Waals surface area contributed by atoms with Crippen molar-refractivity contribution in [3.05, 3.63) is 96.4 Å². The number of rotatable bonds is 5. The van der Waals surface area contributed by atoms with Crippen LogP contribution in [0.3, 0.4) is 0 Å². The predicted molar refractivity (Wildman–Crippen MR) is 137 cm³/mol. The van der Waals surface area contributed by atoms with Gasteiger partial charge in [-0.2, -0.15) is 13.2 Å². The zero-order valence-corrected chi connectivity index (χ0v) is 20.1. The molecule has 186 valence electrons. The van der Waals surface area contributed by atoms with Crippen molar-refractivity contribution in [2.24, 2.45) is 0 Å². The Kier molecular flexibility index (Phi) is 7.86. The van der Waals surface area contributed by atoms with Crippen molar-refractivity contribution in [2.75, 3.05) is 24.5 Å². The van der Waals surface area contributed by atoms with Crippen molar-refractivity contribution >= 4 is 18.4 Å². The van der Waals surface area contributed by atoms with Crippen molar-refractivity contribution in [3.63, 3.8) is 0 Å². The van der Waals surface area contributed by atoms with Gasteiger partial charge < -0.3 is 10.2 Å². The van der Waals surface area contributed by atoms with E-state index in [-0.39, 0.29) is 18.4 Å². The Bertz CT molecular complexity index is 1290. The maximum Gasteiger partial charge on any atom is 0.416 e. The van der Waals surface area contributed by atoms with E-state index < -0.39 is 11.7 Å².